The highest BCUT2D eigenvalue weighted by atomic mass is 16.7. The number of nitrogens with two attached hydrogens (primary N) is 1. The highest BCUT2D eigenvalue weighted by molar-refractivity contribution is 6.47. The van der Waals surface area contributed by atoms with Crippen LogP contribution in [0.15, 0.2) is 30.3 Å². The molecule has 4 N–H and O–H groups in total. The molecule has 7 atom stereocenters. The molecule has 2 saturated heterocycles. The molecule has 45 heavy (non-hydrogen) atoms. The molecule has 5 fully saturated rings. The van der Waals surface area contributed by atoms with E-state index in [1.807, 2.05) is 30.3 Å². The number of tetrazole rings is 1. The fourth-order valence-electron chi connectivity index (χ4n) is 8.26. The Kier molecular flexibility index (Phi) is 8.64. The molecule has 2 aromatic rings. The Morgan fingerprint density at radius 3 is 2.62 bits per heavy atom. The highest BCUT2D eigenvalue weighted by Crippen LogP contribution is 2.65. The van der Waals surface area contributed by atoms with Gasteiger partial charge in [-0.05, 0) is 78.7 Å². The van der Waals surface area contributed by atoms with Crippen LogP contribution in [0.3, 0.4) is 0 Å². The molecule has 3 heterocycles. The second kappa shape index (κ2) is 12.4. The lowest BCUT2D eigenvalue weighted by Gasteiger charge is -2.64. The fourth-order valence-corrected chi connectivity index (χ4v) is 8.26. The van der Waals surface area contributed by atoms with E-state index in [9.17, 15) is 14.4 Å². The van der Waals surface area contributed by atoms with Crippen LogP contribution in [0.4, 0.5) is 5.95 Å². The summed E-state index contributed by atoms with van der Waals surface area (Å²) in [5, 5.41) is 17.4. The first-order valence-electron chi connectivity index (χ1n) is 16.2. The zero-order valence-electron chi connectivity index (χ0n) is 26.6. The van der Waals surface area contributed by atoms with Gasteiger partial charge in [0.1, 0.15) is 12.1 Å². The maximum atomic E-state index is 14.0. The van der Waals surface area contributed by atoms with Gasteiger partial charge in [-0.15, -0.1) is 0 Å². The molecule has 2 bridgehead atoms. The molecule has 3 unspecified atom stereocenters. The normalized spacial score (nSPS) is 29.4. The van der Waals surface area contributed by atoms with Gasteiger partial charge in [-0.25, -0.2) is 4.68 Å². The Hall–Kier alpha value is -3.52. The topological polar surface area (TPSA) is 167 Å². The van der Waals surface area contributed by atoms with Crippen molar-refractivity contribution in [1.82, 2.24) is 35.7 Å². The number of nitrogens with one attached hydrogen (secondary N) is 2. The van der Waals surface area contributed by atoms with Gasteiger partial charge in [-0.2, -0.15) is 0 Å². The standard InChI is InChI=1S/C31H45BN8O5/c1-19(41)34-22(16-20-10-6-5-7-11-20)28(43)39-14-8-12-23(39)27(42)35-26(13-9-15-40-29(33)36-37-38-40)32-44-25-18-21-17-24(30(21,2)3)31(25,4)45-32/h5-7,10-11,21-26H,8-9,12-18H2,1-4H3,(H,34,41)(H,35,42)(H2,33,36,38)/t21?,22-,23?,24?,25-,26+,31+/m1/s1. The maximum absolute atomic E-state index is 14.0. The number of nitrogens with zero attached hydrogens (tertiary/aromatic N) is 5. The molecule has 1 aromatic carbocycles. The Morgan fingerprint density at radius 1 is 1.16 bits per heavy atom. The average Bonchev–Trinajstić information content (AvgIpc) is 3.74. The lowest BCUT2D eigenvalue weighted by Crippen LogP contribution is -2.65. The molecule has 3 aliphatic carbocycles. The van der Waals surface area contributed by atoms with Crippen molar-refractivity contribution < 1.29 is 23.7 Å². The van der Waals surface area contributed by atoms with Crippen molar-refractivity contribution >= 4 is 30.8 Å². The first kappa shape index (κ1) is 31.5. The quantitative estimate of drug-likeness (QED) is 0.316. The summed E-state index contributed by atoms with van der Waals surface area (Å²) in [7, 11) is -0.624. The molecule has 2 aliphatic heterocycles. The van der Waals surface area contributed by atoms with Crippen LogP contribution in [0.25, 0.3) is 0 Å². The molecule has 7 rings (SSSR count). The number of nitrogen functional groups attached to an aromatic ring is 1. The van der Waals surface area contributed by atoms with E-state index in [4.69, 9.17) is 15.0 Å². The van der Waals surface area contributed by atoms with Crippen LogP contribution in [-0.2, 0) is 36.7 Å². The number of hydrogen-bond acceptors (Lipinski definition) is 9. The van der Waals surface area contributed by atoms with E-state index in [-0.39, 0.29) is 35.2 Å². The van der Waals surface area contributed by atoms with Crippen LogP contribution in [0.2, 0.25) is 0 Å². The second-order valence-corrected chi connectivity index (χ2v) is 14.0. The van der Waals surface area contributed by atoms with Gasteiger partial charge in [0.2, 0.25) is 23.7 Å². The lowest BCUT2D eigenvalue weighted by molar-refractivity contribution is -0.199. The van der Waals surface area contributed by atoms with E-state index in [1.54, 1.807) is 4.90 Å². The van der Waals surface area contributed by atoms with Gasteiger partial charge in [0.15, 0.2) is 0 Å². The minimum atomic E-state index is -0.768. The summed E-state index contributed by atoms with van der Waals surface area (Å²) in [5.41, 5.74) is 6.57. The number of aryl methyl sites for hydroxylation is 1. The van der Waals surface area contributed by atoms with Crippen LogP contribution in [0, 0.1) is 17.3 Å². The van der Waals surface area contributed by atoms with Gasteiger partial charge in [0, 0.05) is 26.4 Å². The van der Waals surface area contributed by atoms with Gasteiger partial charge >= 0.3 is 7.12 Å². The Bertz CT molecular complexity index is 1410. The third-order valence-electron chi connectivity index (χ3n) is 10.9. The van der Waals surface area contributed by atoms with Crippen molar-refractivity contribution in [3.63, 3.8) is 0 Å². The third-order valence-corrected chi connectivity index (χ3v) is 10.9. The van der Waals surface area contributed by atoms with Crippen molar-refractivity contribution in [2.75, 3.05) is 12.3 Å². The van der Waals surface area contributed by atoms with Gasteiger partial charge in [-0.1, -0.05) is 49.3 Å². The molecular weight excluding hydrogens is 575 g/mol. The van der Waals surface area contributed by atoms with Crippen LogP contribution < -0.4 is 16.4 Å². The Morgan fingerprint density at radius 2 is 1.93 bits per heavy atom. The summed E-state index contributed by atoms with van der Waals surface area (Å²) in [4.78, 5) is 41.5. The number of carbonyl (C=O) groups excluding carboxylic acids is 3. The zero-order valence-corrected chi connectivity index (χ0v) is 26.6. The first-order valence-corrected chi connectivity index (χ1v) is 16.2. The SMILES string of the molecule is CC(=O)N[C@H](Cc1ccccc1)C(=O)N1CCCC1C(=O)N[C@@H](CCCn1nnnc1N)B1O[C@@H]2CC3CC(C3(C)C)[C@]2(C)O1. The number of rotatable bonds is 11. The molecule has 3 amide bonds. The summed E-state index contributed by atoms with van der Waals surface area (Å²) in [6.07, 6.45) is 4.77. The van der Waals surface area contributed by atoms with E-state index >= 15 is 0 Å². The molecule has 0 radical (unpaired) electrons. The van der Waals surface area contributed by atoms with E-state index in [2.05, 4.69) is 46.9 Å². The van der Waals surface area contributed by atoms with Gasteiger partial charge < -0.3 is 30.6 Å². The molecule has 0 spiro atoms. The van der Waals surface area contributed by atoms with E-state index in [0.29, 0.717) is 57.0 Å². The third kappa shape index (κ3) is 6.06. The Labute approximate surface area is 264 Å². The van der Waals surface area contributed by atoms with E-state index < -0.39 is 30.7 Å². The van der Waals surface area contributed by atoms with Gasteiger partial charge in [0.05, 0.1) is 17.6 Å². The number of benzene rings is 1. The monoisotopic (exact) mass is 620 g/mol. The van der Waals surface area contributed by atoms with E-state index in [0.717, 1.165) is 18.4 Å². The molecular formula is C31H45BN8O5. The lowest BCUT2D eigenvalue weighted by atomic mass is 9.43. The summed E-state index contributed by atoms with van der Waals surface area (Å²) in [6, 6.07) is 8.13. The van der Waals surface area contributed by atoms with Crippen molar-refractivity contribution in [2.45, 2.75) is 109 Å². The van der Waals surface area contributed by atoms with Crippen molar-refractivity contribution in [1.29, 1.82) is 0 Å². The molecule has 5 aliphatic rings. The minimum Gasteiger partial charge on any atom is -0.404 e. The van der Waals surface area contributed by atoms with Crippen molar-refractivity contribution in [2.24, 2.45) is 17.3 Å². The molecule has 3 saturated carbocycles. The van der Waals surface area contributed by atoms with Crippen LogP contribution in [0.1, 0.15) is 71.8 Å². The van der Waals surface area contributed by atoms with Crippen molar-refractivity contribution in [3.8, 4) is 0 Å². The second-order valence-electron chi connectivity index (χ2n) is 14.0. The minimum absolute atomic E-state index is 0.0326. The molecule has 13 nitrogen and oxygen atoms in total. The smallest absolute Gasteiger partial charge is 0.404 e. The molecule has 242 valence electrons. The van der Waals surface area contributed by atoms with Gasteiger partial charge in [0.25, 0.3) is 0 Å². The molecule has 14 heteroatoms. The van der Waals surface area contributed by atoms with Crippen LogP contribution in [0.5, 0.6) is 0 Å². The number of hydrogen-bond donors (Lipinski definition) is 3. The number of aromatic nitrogens is 4. The maximum Gasteiger partial charge on any atom is 0.481 e. The molecule has 1 aromatic heterocycles. The average molecular weight is 621 g/mol. The number of likely N-dealkylation sites (tertiary alicyclic amines) is 1. The van der Waals surface area contributed by atoms with E-state index in [1.165, 1.54) is 11.6 Å². The summed E-state index contributed by atoms with van der Waals surface area (Å²) >= 11 is 0. The number of amides is 3. The van der Waals surface area contributed by atoms with Crippen LogP contribution >= 0.6 is 0 Å². The summed E-state index contributed by atoms with van der Waals surface area (Å²) < 4.78 is 14.9. The largest absolute Gasteiger partial charge is 0.481 e. The number of carbonyl (C=O) groups is 3. The van der Waals surface area contributed by atoms with Gasteiger partial charge in [-0.3, -0.25) is 14.4 Å². The highest BCUT2D eigenvalue weighted by Gasteiger charge is 2.68. The first-order chi connectivity index (χ1) is 21.5. The van der Waals surface area contributed by atoms with Crippen molar-refractivity contribution in [3.05, 3.63) is 35.9 Å². The van der Waals surface area contributed by atoms with Crippen LogP contribution in [-0.4, -0.2) is 86.2 Å². The fraction of sp³-hybridized carbons (Fsp3) is 0.677. The Balaban J connectivity index is 1.17. The zero-order chi connectivity index (χ0) is 31.9. The predicted molar refractivity (Wildman–Crippen MR) is 166 cm³/mol. The summed E-state index contributed by atoms with van der Waals surface area (Å²) in [5.74, 6) is -0.0324. The summed E-state index contributed by atoms with van der Waals surface area (Å²) in [6.45, 7) is 9.11. The number of anilines is 1. The predicted octanol–water partition coefficient (Wildman–Crippen LogP) is 1.53.